The molecule has 0 aliphatic carbocycles. The normalized spacial score (nSPS) is 11.2. The summed E-state index contributed by atoms with van der Waals surface area (Å²) in [6.45, 7) is 0. The highest BCUT2D eigenvalue weighted by Gasteiger charge is 2.03. The molecule has 0 unspecified atom stereocenters. The molecule has 0 radical (unpaired) electrons. The van der Waals surface area contributed by atoms with Crippen molar-refractivity contribution in [3.05, 3.63) is 22.4 Å². The molecular formula is C6H8ClNO2SSi. The van der Waals surface area contributed by atoms with Crippen LogP contribution in [0, 0.1) is 0 Å². The van der Waals surface area contributed by atoms with Crippen LogP contribution in [0.4, 0.5) is 5.69 Å². The van der Waals surface area contributed by atoms with Crippen molar-refractivity contribution in [3.63, 3.8) is 0 Å². The van der Waals surface area contributed by atoms with E-state index in [9.17, 15) is 8.42 Å². The first-order chi connectivity index (χ1) is 5.49. The van der Waals surface area contributed by atoms with Gasteiger partial charge >= 0.3 is 0 Å². The van der Waals surface area contributed by atoms with Crippen molar-refractivity contribution in [3.8, 4) is 0 Å². The van der Waals surface area contributed by atoms with Gasteiger partial charge < -0.3 is 0 Å². The Labute approximate surface area is 78.5 Å². The molecule has 0 fully saturated rings. The highest BCUT2D eigenvalue weighted by atomic mass is 35.5. The first-order valence-corrected chi connectivity index (χ1v) is 6.81. The molecule has 66 valence electrons. The standard InChI is InChI=1S/C6H8ClNO2SSi/c1-11(9,10)8-6-4-12-3-2-5(6)7/h2-4,8,12H,1H3. The lowest BCUT2D eigenvalue weighted by Gasteiger charge is -2.04. The Balaban J connectivity index is 2.98. The van der Waals surface area contributed by atoms with Crippen LogP contribution in [-0.4, -0.2) is 23.8 Å². The summed E-state index contributed by atoms with van der Waals surface area (Å²) < 4.78 is 24.0. The molecule has 0 aliphatic heterocycles. The molecule has 0 atom stereocenters. The zero-order valence-corrected chi connectivity index (χ0v) is 9.14. The number of anilines is 1. The molecule has 0 aromatic carbocycles. The van der Waals surface area contributed by atoms with E-state index in [-0.39, 0.29) is 9.12 Å². The average Bonchev–Trinajstić information content (AvgIpc) is 1.91. The average molecular weight is 222 g/mol. The molecule has 0 amide bonds. The van der Waals surface area contributed by atoms with E-state index in [2.05, 4.69) is 4.72 Å². The minimum absolute atomic E-state index is 0.0323. The van der Waals surface area contributed by atoms with Crippen molar-refractivity contribution in [1.82, 2.24) is 0 Å². The summed E-state index contributed by atoms with van der Waals surface area (Å²) >= 11 is 5.74. The van der Waals surface area contributed by atoms with Crippen LogP contribution in [0.3, 0.4) is 0 Å². The van der Waals surface area contributed by atoms with E-state index >= 15 is 0 Å². The maximum absolute atomic E-state index is 10.8. The maximum atomic E-state index is 10.8. The molecule has 1 aromatic heterocycles. The second-order valence-electron chi connectivity index (χ2n) is 2.35. The Morgan fingerprint density at radius 3 is 2.75 bits per heavy atom. The number of rotatable bonds is 2. The van der Waals surface area contributed by atoms with Crippen LogP contribution in [0.25, 0.3) is 0 Å². The van der Waals surface area contributed by atoms with E-state index < -0.39 is 10.0 Å². The van der Waals surface area contributed by atoms with Crippen LogP contribution in [0.1, 0.15) is 0 Å². The van der Waals surface area contributed by atoms with E-state index in [1.54, 1.807) is 6.07 Å². The molecule has 0 saturated carbocycles. The molecule has 3 nitrogen and oxygen atoms in total. The predicted molar refractivity (Wildman–Crippen MR) is 52.7 cm³/mol. The minimum atomic E-state index is -3.20. The third-order valence-corrected chi connectivity index (χ3v) is 3.03. The first-order valence-electron chi connectivity index (χ1n) is 3.21. The van der Waals surface area contributed by atoms with Crippen molar-refractivity contribution >= 4 is 36.4 Å². The van der Waals surface area contributed by atoms with Gasteiger partial charge in [0.25, 0.3) is 0 Å². The van der Waals surface area contributed by atoms with E-state index in [1.165, 1.54) is 0 Å². The highest BCUT2D eigenvalue weighted by molar-refractivity contribution is 7.92. The lowest BCUT2D eigenvalue weighted by Crippen LogP contribution is -2.09. The number of nitrogens with one attached hydrogen (secondary N) is 1. The third kappa shape index (κ3) is 2.92. The molecule has 0 spiro atoms. The van der Waals surface area contributed by atoms with Gasteiger partial charge in [-0.3, -0.25) is 4.72 Å². The summed E-state index contributed by atoms with van der Waals surface area (Å²) in [5, 5.41) is 0.444. The van der Waals surface area contributed by atoms with Gasteiger partial charge in [-0.1, -0.05) is 23.0 Å². The molecule has 1 aromatic rings. The van der Waals surface area contributed by atoms with Gasteiger partial charge in [0.2, 0.25) is 10.0 Å². The van der Waals surface area contributed by atoms with Gasteiger partial charge in [-0.05, 0) is 6.07 Å². The van der Waals surface area contributed by atoms with Gasteiger partial charge in [0.15, 0.2) is 0 Å². The fourth-order valence-electron chi connectivity index (χ4n) is 0.744. The summed E-state index contributed by atoms with van der Waals surface area (Å²) in [6.07, 6.45) is 1.10. The van der Waals surface area contributed by atoms with Crippen molar-refractivity contribution in [2.75, 3.05) is 11.0 Å². The molecule has 1 heterocycles. The number of hydrogen-bond acceptors (Lipinski definition) is 2. The molecule has 1 N–H and O–H groups in total. The predicted octanol–water partition coefficient (Wildman–Crippen LogP) is 0.782. The fraction of sp³-hybridized carbons (Fsp3) is 0.167. The van der Waals surface area contributed by atoms with Crippen LogP contribution in [0.15, 0.2) is 17.4 Å². The Bertz CT molecular complexity index is 379. The third-order valence-electron chi connectivity index (χ3n) is 1.17. The Morgan fingerprint density at radius 2 is 2.25 bits per heavy atom. The molecular weight excluding hydrogens is 214 g/mol. The van der Waals surface area contributed by atoms with E-state index in [0.29, 0.717) is 10.7 Å². The van der Waals surface area contributed by atoms with Gasteiger partial charge in [-0.25, -0.2) is 8.42 Å². The smallest absolute Gasteiger partial charge is 0.229 e. The van der Waals surface area contributed by atoms with Crippen molar-refractivity contribution in [1.29, 1.82) is 0 Å². The Hall–Kier alpha value is -0.393. The topological polar surface area (TPSA) is 46.2 Å². The fourth-order valence-corrected chi connectivity index (χ4v) is 2.78. The minimum Gasteiger partial charge on any atom is -0.283 e. The summed E-state index contributed by atoms with van der Waals surface area (Å²) in [6, 6.07) is 1.71. The summed E-state index contributed by atoms with van der Waals surface area (Å²) in [5.41, 5.74) is 4.25. The largest absolute Gasteiger partial charge is 0.283 e. The van der Waals surface area contributed by atoms with Crippen LogP contribution < -0.4 is 4.72 Å². The molecule has 6 heteroatoms. The SMILES string of the molecule is CS(=O)(=O)Nc1c[siH]ccc1Cl. The monoisotopic (exact) mass is 221 g/mol. The van der Waals surface area contributed by atoms with Crippen LogP contribution in [-0.2, 0) is 10.0 Å². The summed E-state index contributed by atoms with van der Waals surface area (Å²) in [4.78, 5) is 0. The maximum Gasteiger partial charge on any atom is 0.229 e. The molecule has 12 heavy (non-hydrogen) atoms. The second-order valence-corrected chi connectivity index (χ2v) is 5.61. The lowest BCUT2D eigenvalue weighted by molar-refractivity contribution is 0.607. The molecule has 0 saturated heterocycles. The summed E-state index contributed by atoms with van der Waals surface area (Å²) in [7, 11) is -3.17. The zero-order valence-electron chi connectivity index (χ0n) is 6.41. The second kappa shape index (κ2) is 3.55. The highest BCUT2D eigenvalue weighted by Crippen LogP contribution is 2.19. The molecule has 0 bridgehead atoms. The van der Waals surface area contributed by atoms with Gasteiger partial charge in [0.1, 0.15) is 0 Å². The van der Waals surface area contributed by atoms with Crippen molar-refractivity contribution < 1.29 is 8.42 Å². The van der Waals surface area contributed by atoms with Gasteiger partial charge in [0.05, 0.1) is 17.0 Å². The van der Waals surface area contributed by atoms with Gasteiger partial charge in [0, 0.05) is 9.12 Å². The van der Waals surface area contributed by atoms with E-state index in [1.807, 2.05) is 11.4 Å². The van der Waals surface area contributed by atoms with Crippen molar-refractivity contribution in [2.45, 2.75) is 0 Å². The van der Waals surface area contributed by atoms with Crippen molar-refractivity contribution in [2.24, 2.45) is 0 Å². The van der Waals surface area contributed by atoms with Gasteiger partial charge in [-0.15, -0.1) is 0 Å². The number of hydrogen-bond donors (Lipinski definition) is 1. The molecule has 1 rings (SSSR count). The van der Waals surface area contributed by atoms with Crippen LogP contribution in [0.5, 0.6) is 0 Å². The van der Waals surface area contributed by atoms with Crippen LogP contribution >= 0.6 is 11.6 Å². The Kier molecular flexibility index (Phi) is 2.87. The quantitative estimate of drug-likeness (QED) is 0.751. The summed E-state index contributed by atoms with van der Waals surface area (Å²) in [5.74, 6) is 0. The molecule has 0 aliphatic rings. The lowest BCUT2D eigenvalue weighted by atomic mass is 10.5. The van der Waals surface area contributed by atoms with E-state index in [4.69, 9.17) is 11.6 Å². The van der Waals surface area contributed by atoms with Crippen LogP contribution in [0.2, 0.25) is 5.02 Å². The number of halogens is 1. The number of sulfonamides is 1. The van der Waals surface area contributed by atoms with E-state index in [0.717, 1.165) is 6.26 Å². The zero-order chi connectivity index (χ0) is 9.19. The Morgan fingerprint density at radius 1 is 1.58 bits per heavy atom. The van der Waals surface area contributed by atoms with Gasteiger partial charge in [-0.2, -0.15) is 0 Å². The first kappa shape index (κ1) is 9.69.